The van der Waals surface area contributed by atoms with Crippen LogP contribution in [0.15, 0.2) is 79.1 Å². The van der Waals surface area contributed by atoms with E-state index in [9.17, 15) is 9.59 Å². The third-order valence-corrected chi connectivity index (χ3v) is 4.23. The topological polar surface area (TPSA) is 85.1 Å². The van der Waals surface area contributed by atoms with E-state index >= 15 is 0 Å². The van der Waals surface area contributed by atoms with Crippen LogP contribution in [0.25, 0.3) is 6.08 Å². The van der Waals surface area contributed by atoms with Crippen LogP contribution in [0.3, 0.4) is 0 Å². The number of nitrogens with one attached hydrogen (secondary N) is 1. The molecule has 0 aliphatic heterocycles. The number of pyridine rings is 1. The van der Waals surface area contributed by atoms with Crippen LogP contribution in [0.1, 0.15) is 27.9 Å². The lowest BCUT2D eigenvalue weighted by atomic mass is 10.0. The summed E-state index contributed by atoms with van der Waals surface area (Å²) in [6.07, 6.45) is 7.75. The van der Waals surface area contributed by atoms with Crippen molar-refractivity contribution in [1.82, 2.24) is 4.98 Å². The molecule has 0 bridgehead atoms. The first-order valence-corrected chi connectivity index (χ1v) is 8.97. The van der Waals surface area contributed by atoms with Gasteiger partial charge in [0.15, 0.2) is 5.78 Å². The van der Waals surface area contributed by atoms with Gasteiger partial charge >= 0.3 is 0 Å². The highest BCUT2D eigenvalue weighted by Crippen LogP contribution is 2.18. The molecule has 2 aromatic carbocycles. The van der Waals surface area contributed by atoms with Crippen molar-refractivity contribution in [3.05, 3.63) is 95.8 Å². The van der Waals surface area contributed by atoms with Crippen LogP contribution in [0.2, 0.25) is 0 Å². The molecule has 0 saturated heterocycles. The summed E-state index contributed by atoms with van der Waals surface area (Å²) in [6, 6.07) is 18.1. The lowest BCUT2D eigenvalue weighted by molar-refractivity contribution is -0.114. The Morgan fingerprint density at radius 3 is 2.50 bits per heavy atom. The lowest BCUT2D eigenvalue weighted by Gasteiger charge is -2.08. The van der Waals surface area contributed by atoms with Gasteiger partial charge in [0.1, 0.15) is 0 Å². The van der Waals surface area contributed by atoms with Gasteiger partial charge in [0.05, 0.1) is 11.4 Å². The van der Waals surface area contributed by atoms with E-state index in [4.69, 9.17) is 5.73 Å². The number of aryl methyl sites for hydroxylation is 1. The van der Waals surface area contributed by atoms with Crippen LogP contribution < -0.4 is 11.1 Å². The standard InChI is InChI=1S/C23H21N3O2/c24-21-5-1-2-6-22(21)26-23(28)19-11-7-17(8-12-19)9-13-20(27)14-10-18-4-3-15-25-16-18/h1-8,10-12,14-16H,9,13,24H2,(H,26,28)/b14-10+. The maximum absolute atomic E-state index is 12.3. The van der Waals surface area contributed by atoms with Crippen molar-refractivity contribution in [2.24, 2.45) is 0 Å². The number of para-hydroxylation sites is 2. The number of aromatic nitrogens is 1. The summed E-state index contributed by atoms with van der Waals surface area (Å²) in [6.45, 7) is 0. The average molecular weight is 371 g/mol. The zero-order chi connectivity index (χ0) is 19.8. The largest absolute Gasteiger partial charge is 0.397 e. The Balaban J connectivity index is 1.53. The quantitative estimate of drug-likeness (QED) is 0.483. The maximum Gasteiger partial charge on any atom is 0.255 e. The predicted molar refractivity (Wildman–Crippen MR) is 112 cm³/mol. The van der Waals surface area contributed by atoms with Crippen molar-refractivity contribution in [2.75, 3.05) is 11.1 Å². The Morgan fingerprint density at radius 2 is 1.79 bits per heavy atom. The predicted octanol–water partition coefficient (Wildman–Crippen LogP) is 4.13. The highest BCUT2D eigenvalue weighted by atomic mass is 16.1. The van der Waals surface area contributed by atoms with E-state index in [0.29, 0.717) is 29.8 Å². The Kier molecular flexibility index (Phi) is 6.31. The van der Waals surface area contributed by atoms with E-state index in [1.54, 1.807) is 48.8 Å². The van der Waals surface area contributed by atoms with E-state index in [1.807, 2.05) is 36.4 Å². The third kappa shape index (κ3) is 5.38. The highest BCUT2D eigenvalue weighted by Gasteiger charge is 2.08. The molecular weight excluding hydrogens is 350 g/mol. The molecule has 0 radical (unpaired) electrons. The van der Waals surface area contributed by atoms with E-state index in [1.165, 1.54) is 0 Å². The molecule has 1 amide bonds. The lowest BCUT2D eigenvalue weighted by Crippen LogP contribution is -2.13. The molecule has 3 N–H and O–H groups in total. The molecule has 0 aliphatic carbocycles. The Bertz CT molecular complexity index is 980. The van der Waals surface area contributed by atoms with Crippen LogP contribution in [0.5, 0.6) is 0 Å². The van der Waals surface area contributed by atoms with E-state index in [0.717, 1.165) is 11.1 Å². The number of hydrogen-bond acceptors (Lipinski definition) is 4. The van der Waals surface area contributed by atoms with Crippen molar-refractivity contribution in [3.63, 3.8) is 0 Å². The number of carbonyl (C=O) groups excluding carboxylic acids is 2. The summed E-state index contributed by atoms with van der Waals surface area (Å²) in [4.78, 5) is 28.4. The summed E-state index contributed by atoms with van der Waals surface area (Å²) in [5.74, 6) is -0.176. The molecule has 0 aliphatic rings. The zero-order valence-electron chi connectivity index (χ0n) is 15.3. The number of ketones is 1. The van der Waals surface area contributed by atoms with E-state index in [-0.39, 0.29) is 11.7 Å². The molecule has 1 heterocycles. The third-order valence-electron chi connectivity index (χ3n) is 4.23. The fourth-order valence-corrected chi connectivity index (χ4v) is 2.64. The minimum Gasteiger partial charge on any atom is -0.397 e. The zero-order valence-corrected chi connectivity index (χ0v) is 15.3. The van der Waals surface area contributed by atoms with Crippen LogP contribution in [0, 0.1) is 0 Å². The van der Waals surface area contributed by atoms with Crippen molar-refractivity contribution >= 4 is 29.1 Å². The molecule has 0 saturated carbocycles. The molecule has 28 heavy (non-hydrogen) atoms. The molecule has 0 fully saturated rings. The van der Waals surface area contributed by atoms with Crippen LogP contribution in [-0.2, 0) is 11.2 Å². The minimum atomic E-state index is -0.222. The number of anilines is 2. The van der Waals surface area contributed by atoms with Crippen molar-refractivity contribution in [3.8, 4) is 0 Å². The molecule has 5 heteroatoms. The minimum absolute atomic E-state index is 0.0465. The normalized spacial score (nSPS) is 10.7. The van der Waals surface area contributed by atoms with Gasteiger partial charge in [-0.25, -0.2) is 0 Å². The van der Waals surface area contributed by atoms with Gasteiger partial charge in [0, 0.05) is 24.4 Å². The molecule has 1 aromatic heterocycles. The number of nitrogen functional groups attached to an aromatic ring is 1. The number of carbonyl (C=O) groups is 2. The second-order valence-corrected chi connectivity index (χ2v) is 6.32. The van der Waals surface area contributed by atoms with Crippen LogP contribution >= 0.6 is 0 Å². The average Bonchev–Trinajstić information content (AvgIpc) is 2.73. The number of rotatable bonds is 7. The van der Waals surface area contributed by atoms with Crippen LogP contribution in [-0.4, -0.2) is 16.7 Å². The number of allylic oxidation sites excluding steroid dienone is 1. The number of hydrogen-bond donors (Lipinski definition) is 2. The second-order valence-electron chi connectivity index (χ2n) is 6.32. The molecule has 0 unspecified atom stereocenters. The molecule has 0 spiro atoms. The monoisotopic (exact) mass is 371 g/mol. The molecule has 0 atom stereocenters. The van der Waals surface area contributed by atoms with Crippen molar-refractivity contribution < 1.29 is 9.59 Å². The summed E-state index contributed by atoms with van der Waals surface area (Å²) in [7, 11) is 0. The Morgan fingerprint density at radius 1 is 1.00 bits per heavy atom. The smallest absolute Gasteiger partial charge is 0.255 e. The van der Waals surface area contributed by atoms with E-state index in [2.05, 4.69) is 10.3 Å². The first-order valence-electron chi connectivity index (χ1n) is 8.97. The Labute approximate surface area is 163 Å². The SMILES string of the molecule is Nc1ccccc1NC(=O)c1ccc(CCC(=O)/C=C/c2cccnc2)cc1. The van der Waals surface area contributed by atoms with Gasteiger partial charge in [-0.2, -0.15) is 0 Å². The van der Waals surface area contributed by atoms with Crippen molar-refractivity contribution in [2.45, 2.75) is 12.8 Å². The fourth-order valence-electron chi connectivity index (χ4n) is 2.64. The van der Waals surface area contributed by atoms with Crippen LogP contribution in [0.4, 0.5) is 11.4 Å². The van der Waals surface area contributed by atoms with Gasteiger partial charge in [-0.1, -0.05) is 30.3 Å². The second kappa shape index (κ2) is 9.28. The summed E-state index contributed by atoms with van der Waals surface area (Å²) in [5, 5.41) is 2.80. The van der Waals surface area contributed by atoms with Crippen molar-refractivity contribution in [1.29, 1.82) is 0 Å². The molecular formula is C23H21N3O2. The first-order chi connectivity index (χ1) is 13.6. The van der Waals surface area contributed by atoms with Gasteiger partial charge in [0.25, 0.3) is 5.91 Å². The number of nitrogens with zero attached hydrogens (tertiary/aromatic N) is 1. The molecule has 3 aromatic rings. The number of nitrogens with two attached hydrogens (primary N) is 1. The van der Waals surface area contributed by atoms with Gasteiger partial charge in [-0.05, 0) is 60.0 Å². The molecule has 140 valence electrons. The Hall–Kier alpha value is -3.73. The summed E-state index contributed by atoms with van der Waals surface area (Å²) >= 11 is 0. The maximum atomic E-state index is 12.3. The number of amides is 1. The summed E-state index contributed by atoms with van der Waals surface area (Å²) in [5.41, 5.74) is 9.38. The number of benzene rings is 2. The highest BCUT2D eigenvalue weighted by molar-refractivity contribution is 6.05. The van der Waals surface area contributed by atoms with Gasteiger partial charge < -0.3 is 11.1 Å². The van der Waals surface area contributed by atoms with Gasteiger partial charge in [0.2, 0.25) is 0 Å². The summed E-state index contributed by atoms with van der Waals surface area (Å²) < 4.78 is 0. The van der Waals surface area contributed by atoms with E-state index < -0.39 is 0 Å². The first kappa shape index (κ1) is 19.0. The fraction of sp³-hybridized carbons (Fsp3) is 0.0870. The van der Waals surface area contributed by atoms with Gasteiger partial charge in [-0.15, -0.1) is 0 Å². The van der Waals surface area contributed by atoms with Gasteiger partial charge in [-0.3, -0.25) is 14.6 Å². The molecule has 3 rings (SSSR count). The molecule has 5 nitrogen and oxygen atoms in total.